The predicted octanol–water partition coefficient (Wildman–Crippen LogP) is 1.85. The summed E-state index contributed by atoms with van der Waals surface area (Å²) in [6.07, 6.45) is 2.38. The van der Waals surface area contributed by atoms with E-state index in [0.717, 1.165) is 19.4 Å². The van der Waals surface area contributed by atoms with Gasteiger partial charge in [0.15, 0.2) is 11.6 Å². The zero-order valence-electron chi connectivity index (χ0n) is 11.7. The minimum atomic E-state index is -0.380. The molecule has 0 aliphatic carbocycles. The van der Waals surface area contributed by atoms with Crippen LogP contribution in [0.25, 0.3) is 0 Å². The number of ether oxygens (including phenoxy) is 1. The molecule has 1 fully saturated rings. The molecule has 2 N–H and O–H groups in total. The van der Waals surface area contributed by atoms with Gasteiger partial charge in [-0.25, -0.2) is 4.39 Å². The van der Waals surface area contributed by atoms with E-state index in [1.165, 1.54) is 6.07 Å². The number of para-hydroxylation sites is 1. The lowest BCUT2D eigenvalue weighted by Crippen LogP contribution is -2.44. The molecule has 0 unspecified atom stereocenters. The molecule has 1 heterocycles. The van der Waals surface area contributed by atoms with E-state index in [2.05, 4.69) is 10.6 Å². The first kappa shape index (κ1) is 14.8. The SMILES string of the molecule is CC[C@H](CNC(=O)[C@@H]1CCCN1)Oc1ccccc1F. The molecule has 0 radical (unpaired) electrons. The number of amides is 1. The molecule has 2 atom stereocenters. The van der Waals surface area contributed by atoms with Crippen molar-refractivity contribution in [3.63, 3.8) is 0 Å². The Balaban J connectivity index is 1.83. The number of carbonyl (C=O) groups is 1. The molecule has 1 amide bonds. The average molecular weight is 280 g/mol. The van der Waals surface area contributed by atoms with Gasteiger partial charge in [-0.2, -0.15) is 0 Å². The molecule has 0 aromatic heterocycles. The molecule has 1 aromatic rings. The molecule has 2 rings (SSSR count). The molecule has 1 aliphatic rings. The Kier molecular flexibility index (Phi) is 5.35. The predicted molar refractivity (Wildman–Crippen MR) is 75.1 cm³/mol. The summed E-state index contributed by atoms with van der Waals surface area (Å²) in [7, 11) is 0. The maximum Gasteiger partial charge on any atom is 0.237 e. The van der Waals surface area contributed by atoms with Crippen LogP contribution in [0.4, 0.5) is 4.39 Å². The summed E-state index contributed by atoms with van der Waals surface area (Å²) in [5.41, 5.74) is 0. The summed E-state index contributed by atoms with van der Waals surface area (Å²) in [4.78, 5) is 11.9. The molecular weight excluding hydrogens is 259 g/mol. The highest BCUT2D eigenvalue weighted by molar-refractivity contribution is 5.82. The smallest absolute Gasteiger partial charge is 0.237 e. The lowest BCUT2D eigenvalue weighted by Gasteiger charge is -2.19. The summed E-state index contributed by atoms with van der Waals surface area (Å²) in [6, 6.07) is 6.21. The van der Waals surface area contributed by atoms with Gasteiger partial charge in [0, 0.05) is 0 Å². The van der Waals surface area contributed by atoms with Crippen LogP contribution in [0.3, 0.4) is 0 Å². The van der Waals surface area contributed by atoms with Crippen LogP contribution in [0.15, 0.2) is 24.3 Å². The third-order valence-corrected chi connectivity index (χ3v) is 3.47. The molecular formula is C15H21FN2O2. The first-order valence-electron chi connectivity index (χ1n) is 7.13. The van der Waals surface area contributed by atoms with Gasteiger partial charge in [-0.15, -0.1) is 0 Å². The fourth-order valence-electron chi connectivity index (χ4n) is 2.24. The number of hydrogen-bond donors (Lipinski definition) is 2. The van der Waals surface area contributed by atoms with E-state index < -0.39 is 0 Å². The summed E-state index contributed by atoms with van der Waals surface area (Å²) in [5, 5.41) is 6.01. The van der Waals surface area contributed by atoms with Gasteiger partial charge in [0.05, 0.1) is 12.6 Å². The van der Waals surface area contributed by atoms with E-state index >= 15 is 0 Å². The number of halogens is 1. The second kappa shape index (κ2) is 7.24. The highest BCUT2D eigenvalue weighted by Crippen LogP contribution is 2.17. The van der Waals surface area contributed by atoms with Crippen LogP contribution < -0.4 is 15.4 Å². The highest BCUT2D eigenvalue weighted by atomic mass is 19.1. The van der Waals surface area contributed by atoms with Crippen molar-refractivity contribution in [2.24, 2.45) is 0 Å². The van der Waals surface area contributed by atoms with Gasteiger partial charge in [0.25, 0.3) is 0 Å². The second-order valence-corrected chi connectivity index (χ2v) is 4.97. The first-order valence-corrected chi connectivity index (χ1v) is 7.13. The van der Waals surface area contributed by atoms with E-state index in [9.17, 15) is 9.18 Å². The van der Waals surface area contributed by atoms with Gasteiger partial charge in [-0.05, 0) is 37.9 Å². The molecule has 0 spiro atoms. The Morgan fingerprint density at radius 1 is 1.55 bits per heavy atom. The van der Waals surface area contributed by atoms with E-state index in [1.807, 2.05) is 6.92 Å². The third-order valence-electron chi connectivity index (χ3n) is 3.47. The number of carbonyl (C=O) groups excluding carboxylic acids is 1. The first-order chi connectivity index (χ1) is 9.70. The lowest BCUT2D eigenvalue weighted by atomic mass is 10.2. The molecule has 20 heavy (non-hydrogen) atoms. The Morgan fingerprint density at radius 2 is 2.35 bits per heavy atom. The normalized spacial score (nSPS) is 19.6. The monoisotopic (exact) mass is 280 g/mol. The Bertz CT molecular complexity index is 447. The van der Waals surface area contributed by atoms with Crippen molar-refractivity contribution in [2.45, 2.75) is 38.3 Å². The quantitative estimate of drug-likeness (QED) is 0.836. The van der Waals surface area contributed by atoms with E-state index in [4.69, 9.17) is 4.74 Å². The van der Waals surface area contributed by atoms with Crippen molar-refractivity contribution >= 4 is 5.91 Å². The summed E-state index contributed by atoms with van der Waals surface area (Å²) in [6.45, 7) is 3.23. The molecule has 0 bridgehead atoms. The number of hydrogen-bond acceptors (Lipinski definition) is 3. The Labute approximate surface area is 118 Å². The van der Waals surface area contributed by atoms with Gasteiger partial charge in [0.1, 0.15) is 6.10 Å². The van der Waals surface area contributed by atoms with Crippen molar-refractivity contribution in [3.05, 3.63) is 30.1 Å². The molecule has 1 aliphatic heterocycles. The zero-order chi connectivity index (χ0) is 14.4. The minimum absolute atomic E-state index is 0.00177. The van der Waals surface area contributed by atoms with Crippen LogP contribution in [-0.4, -0.2) is 31.1 Å². The topological polar surface area (TPSA) is 50.4 Å². The van der Waals surface area contributed by atoms with Gasteiger partial charge < -0.3 is 15.4 Å². The maximum absolute atomic E-state index is 13.5. The fourth-order valence-corrected chi connectivity index (χ4v) is 2.24. The number of nitrogens with one attached hydrogen (secondary N) is 2. The number of rotatable bonds is 6. The van der Waals surface area contributed by atoms with E-state index in [1.54, 1.807) is 18.2 Å². The highest BCUT2D eigenvalue weighted by Gasteiger charge is 2.22. The molecule has 1 saturated heterocycles. The lowest BCUT2D eigenvalue weighted by molar-refractivity contribution is -0.123. The average Bonchev–Trinajstić information content (AvgIpc) is 2.99. The number of benzene rings is 1. The molecule has 5 heteroatoms. The summed E-state index contributed by atoms with van der Waals surface area (Å²) >= 11 is 0. The van der Waals surface area contributed by atoms with Crippen molar-refractivity contribution in [2.75, 3.05) is 13.1 Å². The van der Waals surface area contributed by atoms with Gasteiger partial charge in [-0.3, -0.25) is 4.79 Å². The largest absolute Gasteiger partial charge is 0.486 e. The van der Waals surface area contributed by atoms with Crippen molar-refractivity contribution in [1.29, 1.82) is 0 Å². The van der Waals surface area contributed by atoms with E-state index in [0.29, 0.717) is 13.0 Å². The molecule has 0 saturated carbocycles. The van der Waals surface area contributed by atoms with Crippen LogP contribution in [0.5, 0.6) is 5.75 Å². The summed E-state index contributed by atoms with van der Waals surface area (Å²) < 4.78 is 19.1. The van der Waals surface area contributed by atoms with Gasteiger partial charge >= 0.3 is 0 Å². The zero-order valence-corrected chi connectivity index (χ0v) is 11.7. The molecule has 1 aromatic carbocycles. The standard InChI is InChI=1S/C15H21FN2O2/c1-2-11(20-14-8-4-3-6-12(14)16)10-18-15(19)13-7-5-9-17-13/h3-4,6,8,11,13,17H,2,5,7,9-10H2,1H3,(H,18,19)/t11-,13+/m1/s1. The van der Waals surface area contributed by atoms with E-state index in [-0.39, 0.29) is 29.6 Å². The van der Waals surface area contributed by atoms with Crippen LogP contribution in [0.1, 0.15) is 26.2 Å². The fraction of sp³-hybridized carbons (Fsp3) is 0.533. The van der Waals surface area contributed by atoms with Crippen molar-refractivity contribution < 1.29 is 13.9 Å². The van der Waals surface area contributed by atoms with Gasteiger partial charge in [-0.1, -0.05) is 19.1 Å². The van der Waals surface area contributed by atoms with Crippen LogP contribution in [-0.2, 0) is 4.79 Å². The van der Waals surface area contributed by atoms with Crippen molar-refractivity contribution in [3.8, 4) is 5.75 Å². The molecule has 110 valence electrons. The Hall–Kier alpha value is -1.62. The maximum atomic E-state index is 13.5. The van der Waals surface area contributed by atoms with Crippen LogP contribution in [0.2, 0.25) is 0 Å². The second-order valence-electron chi connectivity index (χ2n) is 4.97. The van der Waals surface area contributed by atoms with Crippen molar-refractivity contribution in [1.82, 2.24) is 10.6 Å². The minimum Gasteiger partial charge on any atom is -0.486 e. The Morgan fingerprint density at radius 3 is 3.00 bits per heavy atom. The van der Waals surface area contributed by atoms with Crippen LogP contribution >= 0.6 is 0 Å². The van der Waals surface area contributed by atoms with Gasteiger partial charge in [0.2, 0.25) is 5.91 Å². The third kappa shape index (κ3) is 3.93. The summed E-state index contributed by atoms with van der Waals surface area (Å²) in [5.74, 6) is -0.152. The van der Waals surface area contributed by atoms with Crippen LogP contribution in [0, 0.1) is 5.82 Å². The molecule has 4 nitrogen and oxygen atoms in total.